The molecule has 0 aliphatic rings. The van der Waals surface area contributed by atoms with Crippen molar-refractivity contribution in [2.75, 3.05) is 24.3 Å². The van der Waals surface area contributed by atoms with Crippen LogP contribution in [0.4, 0.5) is 11.4 Å². The van der Waals surface area contributed by atoms with Crippen LogP contribution >= 0.6 is 23.2 Å². The molecule has 0 amide bonds. The van der Waals surface area contributed by atoms with Crippen LogP contribution < -0.4 is 10.2 Å². The van der Waals surface area contributed by atoms with Gasteiger partial charge in [-0.25, -0.2) is 4.98 Å². The van der Waals surface area contributed by atoms with Crippen molar-refractivity contribution in [3.8, 4) is 0 Å². The molecular weight excluding hydrogens is 305 g/mol. The number of halogens is 2. The molecule has 1 aromatic heterocycles. The largest absolute Gasteiger partial charge is 0.378 e. The third-order valence-corrected chi connectivity index (χ3v) is 3.88. The first-order valence-electron chi connectivity index (χ1n) is 6.75. The Kier molecular flexibility index (Phi) is 4.96. The normalized spacial score (nSPS) is 12.1. The summed E-state index contributed by atoms with van der Waals surface area (Å²) in [6.07, 6.45) is 0. The molecule has 0 aliphatic carbocycles. The molecule has 0 aliphatic heterocycles. The molecule has 2 aromatic rings. The maximum Gasteiger partial charge on any atom is 0.154 e. The van der Waals surface area contributed by atoms with Gasteiger partial charge in [0.05, 0.1) is 5.69 Å². The third-order valence-electron chi connectivity index (χ3n) is 3.41. The monoisotopic (exact) mass is 323 g/mol. The van der Waals surface area contributed by atoms with E-state index in [0.29, 0.717) is 10.3 Å². The molecule has 21 heavy (non-hydrogen) atoms. The lowest BCUT2D eigenvalue weighted by molar-refractivity contribution is 0.880. The summed E-state index contributed by atoms with van der Waals surface area (Å²) in [7, 11) is 4.05. The van der Waals surface area contributed by atoms with Gasteiger partial charge >= 0.3 is 0 Å². The van der Waals surface area contributed by atoms with Gasteiger partial charge < -0.3 is 10.2 Å². The van der Waals surface area contributed by atoms with Crippen LogP contribution in [0.2, 0.25) is 10.3 Å². The van der Waals surface area contributed by atoms with Crippen molar-refractivity contribution in [2.24, 2.45) is 0 Å². The van der Waals surface area contributed by atoms with E-state index < -0.39 is 0 Å². The van der Waals surface area contributed by atoms with E-state index >= 15 is 0 Å². The van der Waals surface area contributed by atoms with E-state index in [-0.39, 0.29) is 6.04 Å². The molecule has 1 heterocycles. The molecule has 1 aromatic carbocycles. The zero-order valence-corrected chi connectivity index (χ0v) is 14.1. The third kappa shape index (κ3) is 3.80. The SMILES string of the molecule is Cc1cc(Cl)nc(Cl)c1NC(C)c1ccc(N(C)C)cc1. The zero-order chi connectivity index (χ0) is 15.6. The topological polar surface area (TPSA) is 28.2 Å². The second kappa shape index (κ2) is 6.54. The predicted molar refractivity (Wildman–Crippen MR) is 91.8 cm³/mol. The number of hydrogen-bond acceptors (Lipinski definition) is 3. The number of aromatic nitrogens is 1. The van der Waals surface area contributed by atoms with Crippen molar-refractivity contribution in [3.05, 3.63) is 51.8 Å². The standard InChI is InChI=1S/C16H19Cl2N3/c1-10-9-14(17)20-16(18)15(10)19-11(2)12-5-7-13(8-6-12)21(3)4/h5-9,11,19H,1-4H3. The van der Waals surface area contributed by atoms with Gasteiger partial charge in [-0.05, 0) is 43.2 Å². The van der Waals surface area contributed by atoms with Crippen LogP contribution in [0.25, 0.3) is 0 Å². The second-order valence-electron chi connectivity index (χ2n) is 5.28. The summed E-state index contributed by atoms with van der Waals surface area (Å²) in [5.74, 6) is 0. The quantitative estimate of drug-likeness (QED) is 0.808. The molecule has 3 nitrogen and oxygen atoms in total. The number of pyridine rings is 1. The Morgan fingerprint density at radius 1 is 1.14 bits per heavy atom. The molecule has 0 saturated carbocycles. The number of nitrogens with zero attached hydrogens (tertiary/aromatic N) is 2. The van der Waals surface area contributed by atoms with E-state index in [1.807, 2.05) is 21.0 Å². The molecular formula is C16H19Cl2N3. The summed E-state index contributed by atoms with van der Waals surface area (Å²) in [5.41, 5.74) is 4.17. The molecule has 112 valence electrons. The average Bonchev–Trinajstić information content (AvgIpc) is 2.42. The predicted octanol–water partition coefficient (Wildman–Crippen LogP) is 4.94. The summed E-state index contributed by atoms with van der Waals surface area (Å²) in [6, 6.07) is 10.3. The first-order chi connectivity index (χ1) is 9.88. The van der Waals surface area contributed by atoms with E-state index in [0.717, 1.165) is 11.3 Å². The van der Waals surface area contributed by atoms with Crippen LogP contribution in [0.3, 0.4) is 0 Å². The van der Waals surface area contributed by atoms with Gasteiger partial charge in [0.2, 0.25) is 0 Å². The lowest BCUT2D eigenvalue weighted by Crippen LogP contribution is -2.11. The zero-order valence-electron chi connectivity index (χ0n) is 12.6. The average molecular weight is 324 g/mol. The van der Waals surface area contributed by atoms with Crippen LogP contribution in [-0.2, 0) is 0 Å². The number of aryl methyl sites for hydroxylation is 1. The molecule has 1 N–H and O–H groups in total. The van der Waals surface area contributed by atoms with E-state index in [1.54, 1.807) is 6.07 Å². The van der Waals surface area contributed by atoms with Crippen LogP contribution in [0.1, 0.15) is 24.1 Å². The second-order valence-corrected chi connectivity index (χ2v) is 6.02. The van der Waals surface area contributed by atoms with Gasteiger partial charge in [-0.15, -0.1) is 0 Å². The summed E-state index contributed by atoms with van der Waals surface area (Å²) < 4.78 is 0. The lowest BCUT2D eigenvalue weighted by atomic mass is 10.1. The Hall–Kier alpha value is -1.45. The highest BCUT2D eigenvalue weighted by Gasteiger charge is 2.12. The molecule has 0 saturated heterocycles. The number of rotatable bonds is 4. The fourth-order valence-corrected chi connectivity index (χ4v) is 2.72. The van der Waals surface area contributed by atoms with Gasteiger partial charge in [-0.2, -0.15) is 0 Å². The lowest BCUT2D eigenvalue weighted by Gasteiger charge is -2.19. The Morgan fingerprint density at radius 2 is 1.76 bits per heavy atom. The maximum absolute atomic E-state index is 6.17. The Balaban J connectivity index is 2.20. The van der Waals surface area contributed by atoms with E-state index in [9.17, 15) is 0 Å². The van der Waals surface area contributed by atoms with Crippen LogP contribution in [0.15, 0.2) is 30.3 Å². The molecule has 1 atom stereocenters. The molecule has 0 spiro atoms. The molecule has 0 fully saturated rings. The number of hydrogen-bond donors (Lipinski definition) is 1. The number of nitrogens with one attached hydrogen (secondary N) is 1. The van der Waals surface area contributed by atoms with E-state index in [2.05, 4.69) is 46.4 Å². The van der Waals surface area contributed by atoms with Gasteiger partial charge in [-0.1, -0.05) is 35.3 Å². The van der Waals surface area contributed by atoms with Crippen LogP contribution in [0.5, 0.6) is 0 Å². The summed E-state index contributed by atoms with van der Waals surface area (Å²) >= 11 is 12.1. The minimum atomic E-state index is 0.125. The van der Waals surface area contributed by atoms with Gasteiger partial charge in [0.1, 0.15) is 5.15 Å². The first kappa shape index (κ1) is 15.9. The first-order valence-corrected chi connectivity index (χ1v) is 7.50. The van der Waals surface area contributed by atoms with Gasteiger partial charge in [0, 0.05) is 25.8 Å². The molecule has 0 bridgehead atoms. The number of benzene rings is 1. The molecule has 0 radical (unpaired) electrons. The summed E-state index contributed by atoms with van der Waals surface area (Å²) in [4.78, 5) is 6.16. The molecule has 5 heteroatoms. The minimum absolute atomic E-state index is 0.125. The van der Waals surface area contributed by atoms with Crippen LogP contribution in [0, 0.1) is 6.92 Å². The summed E-state index contributed by atoms with van der Waals surface area (Å²) in [6.45, 7) is 4.05. The smallest absolute Gasteiger partial charge is 0.154 e. The van der Waals surface area contributed by atoms with E-state index in [4.69, 9.17) is 23.2 Å². The van der Waals surface area contributed by atoms with Crippen molar-refractivity contribution >= 4 is 34.6 Å². The highest BCUT2D eigenvalue weighted by molar-refractivity contribution is 6.34. The van der Waals surface area contributed by atoms with Crippen molar-refractivity contribution < 1.29 is 0 Å². The maximum atomic E-state index is 6.17. The minimum Gasteiger partial charge on any atom is -0.378 e. The van der Waals surface area contributed by atoms with Crippen molar-refractivity contribution in [1.82, 2.24) is 4.98 Å². The van der Waals surface area contributed by atoms with Crippen molar-refractivity contribution in [3.63, 3.8) is 0 Å². The van der Waals surface area contributed by atoms with Gasteiger partial charge in [0.15, 0.2) is 5.15 Å². The highest BCUT2D eigenvalue weighted by atomic mass is 35.5. The molecule has 1 unspecified atom stereocenters. The highest BCUT2D eigenvalue weighted by Crippen LogP contribution is 2.30. The Labute approximate surface area is 135 Å². The fraction of sp³-hybridized carbons (Fsp3) is 0.312. The fourth-order valence-electron chi connectivity index (χ4n) is 2.13. The Morgan fingerprint density at radius 3 is 2.29 bits per heavy atom. The Bertz CT molecular complexity index is 601. The molecule has 2 rings (SSSR count). The van der Waals surface area contributed by atoms with Crippen LogP contribution in [-0.4, -0.2) is 19.1 Å². The van der Waals surface area contributed by atoms with Gasteiger partial charge in [0.25, 0.3) is 0 Å². The number of anilines is 2. The summed E-state index contributed by atoms with van der Waals surface area (Å²) in [5, 5.41) is 4.21. The van der Waals surface area contributed by atoms with E-state index in [1.165, 1.54) is 11.3 Å². The van der Waals surface area contributed by atoms with Gasteiger partial charge in [-0.3, -0.25) is 0 Å². The van der Waals surface area contributed by atoms with Crippen molar-refractivity contribution in [1.29, 1.82) is 0 Å². The van der Waals surface area contributed by atoms with Crippen molar-refractivity contribution in [2.45, 2.75) is 19.9 Å².